The lowest BCUT2D eigenvalue weighted by Crippen LogP contribution is -2.30. The highest BCUT2D eigenvalue weighted by Crippen LogP contribution is 2.17. The van der Waals surface area contributed by atoms with E-state index >= 15 is 0 Å². The van der Waals surface area contributed by atoms with Crippen molar-refractivity contribution < 1.29 is 28.6 Å². The van der Waals surface area contributed by atoms with Crippen molar-refractivity contribution in [2.75, 3.05) is 13.2 Å². The topological polar surface area (TPSA) is 78.9 Å². The van der Waals surface area contributed by atoms with Crippen LogP contribution < -0.4 is 0 Å². The van der Waals surface area contributed by atoms with Crippen molar-refractivity contribution in [2.45, 2.75) is 246 Å². The summed E-state index contributed by atoms with van der Waals surface area (Å²) in [5.41, 5.74) is 0. The summed E-state index contributed by atoms with van der Waals surface area (Å²) in [4.78, 5) is 37.6. The maximum Gasteiger partial charge on any atom is 0.306 e. The van der Waals surface area contributed by atoms with Gasteiger partial charge in [-0.25, -0.2) is 0 Å². The second kappa shape index (κ2) is 38.1. The van der Waals surface area contributed by atoms with E-state index in [4.69, 9.17) is 14.2 Å². The Labute approximate surface area is 317 Å². The monoisotopic (exact) mass is 723 g/mol. The molecule has 6 heteroatoms. The van der Waals surface area contributed by atoms with Crippen molar-refractivity contribution in [3.8, 4) is 0 Å². The molecule has 0 saturated heterocycles. The van der Waals surface area contributed by atoms with Crippen molar-refractivity contribution in [3.63, 3.8) is 0 Å². The van der Waals surface area contributed by atoms with Crippen LogP contribution in [0.25, 0.3) is 0 Å². The zero-order chi connectivity index (χ0) is 37.6. The van der Waals surface area contributed by atoms with Gasteiger partial charge >= 0.3 is 17.9 Å². The SMILES string of the molecule is CCCCCCCCCCCCCCC(=O)O[C@H](COC(=O)CCCCCCCCCCC(C)CC)COC(=O)CCCCCCCCC(C)C. The minimum Gasteiger partial charge on any atom is -0.462 e. The zero-order valence-corrected chi connectivity index (χ0v) is 34.7. The van der Waals surface area contributed by atoms with Crippen LogP contribution in [0.3, 0.4) is 0 Å². The van der Waals surface area contributed by atoms with Gasteiger partial charge in [0.15, 0.2) is 6.10 Å². The molecule has 0 heterocycles. The summed E-state index contributed by atoms with van der Waals surface area (Å²) in [5.74, 6) is 0.747. The van der Waals surface area contributed by atoms with Gasteiger partial charge in [-0.15, -0.1) is 0 Å². The molecule has 0 aromatic heterocycles. The first-order valence-corrected chi connectivity index (χ1v) is 22.3. The predicted molar refractivity (Wildman–Crippen MR) is 215 cm³/mol. The van der Waals surface area contributed by atoms with Gasteiger partial charge in [0.2, 0.25) is 0 Å². The van der Waals surface area contributed by atoms with Gasteiger partial charge in [0.1, 0.15) is 13.2 Å². The number of hydrogen-bond donors (Lipinski definition) is 0. The Morgan fingerprint density at radius 1 is 0.412 bits per heavy atom. The first-order valence-electron chi connectivity index (χ1n) is 22.3. The van der Waals surface area contributed by atoms with Crippen LogP contribution in [0.1, 0.15) is 240 Å². The second-order valence-electron chi connectivity index (χ2n) is 16.1. The first kappa shape index (κ1) is 49.4. The molecule has 6 nitrogen and oxygen atoms in total. The van der Waals surface area contributed by atoms with Crippen LogP contribution in [0.2, 0.25) is 0 Å². The van der Waals surface area contributed by atoms with Crippen molar-refractivity contribution in [3.05, 3.63) is 0 Å². The molecule has 0 aliphatic rings. The average molecular weight is 723 g/mol. The summed E-state index contributed by atoms with van der Waals surface area (Å²) in [6.45, 7) is 11.3. The second-order valence-corrected chi connectivity index (χ2v) is 16.1. The van der Waals surface area contributed by atoms with Crippen LogP contribution in [-0.4, -0.2) is 37.2 Å². The van der Waals surface area contributed by atoms with Gasteiger partial charge in [0.25, 0.3) is 0 Å². The predicted octanol–water partition coefficient (Wildman–Crippen LogP) is 13.8. The number of unbranched alkanes of at least 4 members (excludes halogenated alkanes) is 23. The molecule has 0 aliphatic heterocycles. The van der Waals surface area contributed by atoms with Gasteiger partial charge in [0, 0.05) is 19.3 Å². The molecule has 0 aromatic rings. The van der Waals surface area contributed by atoms with Crippen molar-refractivity contribution >= 4 is 17.9 Å². The van der Waals surface area contributed by atoms with E-state index < -0.39 is 6.10 Å². The number of rotatable bonds is 39. The van der Waals surface area contributed by atoms with E-state index in [-0.39, 0.29) is 31.1 Å². The van der Waals surface area contributed by atoms with Crippen molar-refractivity contribution in [1.82, 2.24) is 0 Å². The Morgan fingerprint density at radius 3 is 1.12 bits per heavy atom. The molecule has 0 radical (unpaired) electrons. The number of hydrogen-bond acceptors (Lipinski definition) is 6. The standard InChI is InChI=1S/C45H86O6/c1-6-8-9-10-11-12-13-14-15-20-27-32-37-45(48)51-42(39-50-44(47)36-31-26-22-21-23-28-33-40(3)4)38-49-43(46)35-30-25-19-17-16-18-24-29-34-41(5)7-2/h40-42H,6-39H2,1-5H3/t41?,42-/m1/s1. The number of ether oxygens (including phenoxy) is 3. The van der Waals surface area contributed by atoms with Crippen LogP contribution in [0, 0.1) is 11.8 Å². The van der Waals surface area contributed by atoms with Crippen LogP contribution in [0.15, 0.2) is 0 Å². The van der Waals surface area contributed by atoms with Gasteiger partial charge in [-0.3, -0.25) is 14.4 Å². The lowest BCUT2D eigenvalue weighted by Gasteiger charge is -2.18. The molecule has 0 saturated carbocycles. The Balaban J connectivity index is 4.35. The van der Waals surface area contributed by atoms with Crippen LogP contribution >= 0.6 is 0 Å². The molecule has 0 bridgehead atoms. The van der Waals surface area contributed by atoms with Gasteiger partial charge < -0.3 is 14.2 Å². The lowest BCUT2D eigenvalue weighted by molar-refractivity contribution is -0.167. The minimum atomic E-state index is -0.760. The molecule has 51 heavy (non-hydrogen) atoms. The molecule has 302 valence electrons. The third-order valence-electron chi connectivity index (χ3n) is 10.3. The maximum atomic E-state index is 12.7. The fourth-order valence-corrected chi connectivity index (χ4v) is 6.54. The lowest BCUT2D eigenvalue weighted by atomic mass is 9.99. The fourth-order valence-electron chi connectivity index (χ4n) is 6.54. The zero-order valence-electron chi connectivity index (χ0n) is 34.7. The van der Waals surface area contributed by atoms with E-state index in [0.29, 0.717) is 19.3 Å². The average Bonchev–Trinajstić information content (AvgIpc) is 3.11. The number of carbonyl (C=O) groups is 3. The molecule has 2 atom stereocenters. The Kier molecular flexibility index (Phi) is 37.0. The highest BCUT2D eigenvalue weighted by atomic mass is 16.6. The smallest absolute Gasteiger partial charge is 0.306 e. The summed E-state index contributed by atoms with van der Waals surface area (Å²) >= 11 is 0. The maximum absolute atomic E-state index is 12.7. The number of carbonyl (C=O) groups excluding carboxylic acids is 3. The van der Waals surface area contributed by atoms with Gasteiger partial charge in [-0.05, 0) is 31.1 Å². The van der Waals surface area contributed by atoms with Crippen LogP contribution in [-0.2, 0) is 28.6 Å². The fraction of sp³-hybridized carbons (Fsp3) is 0.933. The van der Waals surface area contributed by atoms with E-state index in [1.807, 2.05) is 0 Å². The molecule has 0 fully saturated rings. The third-order valence-corrected chi connectivity index (χ3v) is 10.3. The molecule has 0 aromatic carbocycles. The van der Waals surface area contributed by atoms with Crippen LogP contribution in [0.4, 0.5) is 0 Å². The van der Waals surface area contributed by atoms with Gasteiger partial charge in [-0.1, -0.05) is 202 Å². The van der Waals surface area contributed by atoms with E-state index in [0.717, 1.165) is 69.6 Å². The summed E-state index contributed by atoms with van der Waals surface area (Å²) in [6.07, 6.45) is 35.2. The quantitative estimate of drug-likeness (QED) is 0.0357. The molecule has 0 amide bonds. The summed E-state index contributed by atoms with van der Waals surface area (Å²) in [7, 11) is 0. The molecular formula is C45H86O6. The summed E-state index contributed by atoms with van der Waals surface area (Å²) < 4.78 is 16.7. The van der Waals surface area contributed by atoms with E-state index in [1.54, 1.807) is 0 Å². The molecule has 0 aliphatic carbocycles. The van der Waals surface area contributed by atoms with Gasteiger partial charge in [-0.2, -0.15) is 0 Å². The normalized spacial score (nSPS) is 12.6. The van der Waals surface area contributed by atoms with Gasteiger partial charge in [0.05, 0.1) is 0 Å². The first-order chi connectivity index (χ1) is 24.8. The molecular weight excluding hydrogens is 636 g/mol. The minimum absolute atomic E-state index is 0.0661. The molecule has 0 N–H and O–H groups in total. The van der Waals surface area contributed by atoms with E-state index in [2.05, 4.69) is 34.6 Å². The Morgan fingerprint density at radius 2 is 0.745 bits per heavy atom. The third kappa shape index (κ3) is 38.0. The van der Waals surface area contributed by atoms with Crippen molar-refractivity contribution in [1.29, 1.82) is 0 Å². The summed E-state index contributed by atoms with van der Waals surface area (Å²) in [6, 6.07) is 0. The molecule has 0 spiro atoms. The van der Waals surface area contributed by atoms with Crippen molar-refractivity contribution in [2.24, 2.45) is 11.8 Å². The Bertz CT molecular complexity index is 781. The van der Waals surface area contributed by atoms with Crippen LogP contribution in [0.5, 0.6) is 0 Å². The Hall–Kier alpha value is -1.59. The summed E-state index contributed by atoms with van der Waals surface area (Å²) in [5, 5.41) is 0. The van der Waals surface area contributed by atoms with E-state index in [1.165, 1.54) is 128 Å². The van der Waals surface area contributed by atoms with E-state index in [9.17, 15) is 14.4 Å². The molecule has 0 rings (SSSR count). The largest absolute Gasteiger partial charge is 0.462 e. The molecule has 1 unspecified atom stereocenters. The highest BCUT2D eigenvalue weighted by Gasteiger charge is 2.19. The highest BCUT2D eigenvalue weighted by molar-refractivity contribution is 5.71. The number of esters is 3.